The molecule has 40 heavy (non-hydrogen) atoms. The molecule has 1 heterocycles. The van der Waals surface area contributed by atoms with Crippen LogP contribution >= 0.6 is 0 Å². The van der Waals surface area contributed by atoms with Crippen LogP contribution in [0.2, 0.25) is 0 Å². The predicted molar refractivity (Wildman–Crippen MR) is 147 cm³/mol. The van der Waals surface area contributed by atoms with E-state index in [-0.39, 0.29) is 65.6 Å². The van der Waals surface area contributed by atoms with E-state index in [1.54, 1.807) is 6.07 Å². The number of likely N-dealkylation sites (tertiary alicyclic amines) is 1. The Bertz CT molecular complexity index is 1150. The molecule has 0 spiro atoms. The maximum atomic E-state index is 14.0. The van der Waals surface area contributed by atoms with Crippen LogP contribution in [0, 0.1) is 22.7 Å². The maximum absolute atomic E-state index is 14.0. The van der Waals surface area contributed by atoms with Crippen LogP contribution in [-0.4, -0.2) is 68.8 Å². The molecule has 0 radical (unpaired) electrons. The van der Waals surface area contributed by atoms with Gasteiger partial charge in [-0.3, -0.25) is 9.59 Å². The molecule has 3 saturated carbocycles. The summed E-state index contributed by atoms with van der Waals surface area (Å²) in [5.41, 5.74) is 0.469. The smallest absolute Gasteiger partial charge is 0.329 e. The van der Waals surface area contributed by atoms with Gasteiger partial charge in [-0.25, -0.2) is 4.79 Å². The van der Waals surface area contributed by atoms with Gasteiger partial charge in [0.15, 0.2) is 11.5 Å². The molecule has 1 saturated heterocycles. The van der Waals surface area contributed by atoms with Crippen molar-refractivity contribution in [1.82, 2.24) is 10.2 Å². The summed E-state index contributed by atoms with van der Waals surface area (Å²) in [4.78, 5) is 42.1. The van der Waals surface area contributed by atoms with E-state index in [9.17, 15) is 29.7 Å². The van der Waals surface area contributed by atoms with Gasteiger partial charge in [-0.1, -0.05) is 46.1 Å². The number of hydrogen-bond acceptors (Lipinski definition) is 7. The van der Waals surface area contributed by atoms with Gasteiger partial charge in [0.2, 0.25) is 11.8 Å². The maximum Gasteiger partial charge on any atom is 0.329 e. The minimum Gasteiger partial charge on any atom is -0.504 e. The Morgan fingerprint density at radius 1 is 1.05 bits per heavy atom. The average molecular weight is 557 g/mol. The standard InChI is InChI=1S/C31H44N2O7/c1-30(2)20-11-12-31(30,3)25(15-20)40-29(39)22-16-21(34)17-33(22)28(38)27(19-7-5-4-6-8-19)32-26(37)14-18-9-10-23(35)24(36)13-18/h9-10,13,19-22,25,27,34-36H,4-8,11-12,14-17H2,1-3H3,(H,32,37)/t20?,21?,22-,25?,27?,31?/m1/s1. The molecule has 220 valence electrons. The highest BCUT2D eigenvalue weighted by Gasteiger charge is 2.63. The Morgan fingerprint density at radius 3 is 2.40 bits per heavy atom. The van der Waals surface area contributed by atoms with Crippen molar-refractivity contribution in [3.63, 3.8) is 0 Å². The summed E-state index contributed by atoms with van der Waals surface area (Å²) in [5, 5.41) is 32.9. The van der Waals surface area contributed by atoms with Crippen molar-refractivity contribution in [2.75, 3.05) is 6.54 Å². The zero-order chi connectivity index (χ0) is 28.8. The number of nitrogens with one attached hydrogen (secondary N) is 1. The molecule has 4 aliphatic rings. The fourth-order valence-electron chi connectivity index (χ4n) is 7.92. The number of amides is 2. The van der Waals surface area contributed by atoms with E-state index < -0.39 is 24.2 Å². The summed E-state index contributed by atoms with van der Waals surface area (Å²) >= 11 is 0. The molecule has 4 N–H and O–H groups in total. The van der Waals surface area contributed by atoms with Gasteiger partial charge in [0.05, 0.1) is 12.5 Å². The van der Waals surface area contributed by atoms with Crippen LogP contribution in [-0.2, 0) is 25.5 Å². The fourth-order valence-corrected chi connectivity index (χ4v) is 7.92. The first kappa shape index (κ1) is 28.7. The van der Waals surface area contributed by atoms with E-state index in [1.165, 1.54) is 17.0 Å². The first-order valence-electron chi connectivity index (χ1n) is 14.9. The minimum atomic E-state index is -0.884. The van der Waals surface area contributed by atoms with E-state index in [0.29, 0.717) is 11.5 Å². The number of benzene rings is 1. The SMILES string of the molecule is CC1(C)C2CCC1(C)C(OC(=O)[C@H]1CC(O)CN1C(=O)C(NC(=O)Cc1ccc(O)c(O)c1)C1CCCCC1)C2. The van der Waals surface area contributed by atoms with E-state index in [4.69, 9.17) is 4.74 Å². The van der Waals surface area contributed by atoms with Crippen LogP contribution in [0.25, 0.3) is 0 Å². The molecule has 1 aromatic rings. The monoisotopic (exact) mass is 556 g/mol. The number of phenolic OH excluding ortho intramolecular Hbond substituents is 2. The van der Waals surface area contributed by atoms with Gasteiger partial charge in [0.1, 0.15) is 18.2 Å². The topological polar surface area (TPSA) is 136 Å². The van der Waals surface area contributed by atoms with Gasteiger partial charge in [0, 0.05) is 18.4 Å². The van der Waals surface area contributed by atoms with Crippen LogP contribution < -0.4 is 5.32 Å². The minimum absolute atomic E-state index is 0.0274. The zero-order valence-corrected chi connectivity index (χ0v) is 23.9. The van der Waals surface area contributed by atoms with Crippen molar-refractivity contribution in [2.45, 2.75) is 109 Å². The number of fused-ring (bicyclic) bond motifs is 2. The lowest BCUT2D eigenvalue weighted by molar-refractivity contribution is -0.165. The number of ether oxygens (including phenoxy) is 1. The van der Waals surface area contributed by atoms with E-state index in [2.05, 4.69) is 26.1 Å². The van der Waals surface area contributed by atoms with Crippen LogP contribution in [0.5, 0.6) is 11.5 Å². The number of hydrogen-bond donors (Lipinski definition) is 4. The zero-order valence-electron chi connectivity index (χ0n) is 23.9. The third-order valence-corrected chi connectivity index (χ3v) is 10.9. The molecule has 3 aliphatic carbocycles. The Labute approximate surface area is 236 Å². The van der Waals surface area contributed by atoms with Crippen molar-refractivity contribution in [3.05, 3.63) is 23.8 Å². The van der Waals surface area contributed by atoms with Crippen molar-refractivity contribution in [1.29, 1.82) is 0 Å². The second-order valence-corrected chi connectivity index (χ2v) is 13.4. The van der Waals surface area contributed by atoms with E-state index >= 15 is 0 Å². The van der Waals surface area contributed by atoms with E-state index in [1.807, 2.05) is 0 Å². The first-order valence-corrected chi connectivity index (χ1v) is 14.9. The van der Waals surface area contributed by atoms with Crippen LogP contribution in [0.1, 0.15) is 84.1 Å². The highest BCUT2D eigenvalue weighted by molar-refractivity contribution is 5.92. The normalized spacial score (nSPS) is 32.1. The number of phenols is 2. The predicted octanol–water partition coefficient (Wildman–Crippen LogP) is 3.43. The number of nitrogens with zero attached hydrogens (tertiary/aromatic N) is 1. The summed E-state index contributed by atoms with van der Waals surface area (Å²) in [6, 6.07) is 2.49. The average Bonchev–Trinajstić information content (AvgIpc) is 3.47. The number of carbonyl (C=O) groups is 3. The highest BCUT2D eigenvalue weighted by Crippen LogP contribution is 2.66. The van der Waals surface area contributed by atoms with Gasteiger partial charge in [0.25, 0.3) is 0 Å². The molecule has 9 nitrogen and oxygen atoms in total. The lowest BCUT2D eigenvalue weighted by Crippen LogP contribution is -2.55. The van der Waals surface area contributed by atoms with Crippen molar-refractivity contribution < 1.29 is 34.4 Å². The molecule has 0 aromatic heterocycles. The summed E-state index contributed by atoms with van der Waals surface area (Å²) in [7, 11) is 0. The molecule has 9 heteroatoms. The van der Waals surface area contributed by atoms with Crippen molar-refractivity contribution >= 4 is 17.8 Å². The molecule has 4 fully saturated rings. The summed E-state index contributed by atoms with van der Waals surface area (Å²) in [6.45, 7) is 6.74. The molecular formula is C31H44N2O7. The molecular weight excluding hydrogens is 512 g/mol. The van der Waals surface area contributed by atoms with Gasteiger partial charge >= 0.3 is 5.97 Å². The van der Waals surface area contributed by atoms with Crippen molar-refractivity contribution in [3.8, 4) is 11.5 Å². The number of β-amino-alcohol motifs (C(OH)–C–C–N with tert-alkyl or cyclic N) is 1. The number of aliphatic hydroxyl groups excluding tert-OH is 1. The molecule has 2 bridgehead atoms. The molecule has 2 amide bonds. The van der Waals surface area contributed by atoms with Crippen LogP contribution in [0.15, 0.2) is 18.2 Å². The lowest BCUT2D eigenvalue weighted by Gasteiger charge is -2.39. The summed E-state index contributed by atoms with van der Waals surface area (Å²) < 4.78 is 6.13. The first-order chi connectivity index (χ1) is 18.9. The van der Waals surface area contributed by atoms with Crippen LogP contribution in [0.3, 0.4) is 0 Å². The number of esters is 1. The third kappa shape index (κ3) is 5.17. The fraction of sp³-hybridized carbons (Fsp3) is 0.710. The molecule has 5 rings (SSSR count). The van der Waals surface area contributed by atoms with Gasteiger partial charge in [-0.2, -0.15) is 0 Å². The Balaban J connectivity index is 1.31. The Morgan fingerprint density at radius 2 is 1.77 bits per heavy atom. The van der Waals surface area contributed by atoms with Crippen LogP contribution in [0.4, 0.5) is 0 Å². The number of carbonyl (C=O) groups excluding carboxylic acids is 3. The number of aliphatic hydroxyl groups is 1. The molecule has 5 unspecified atom stereocenters. The quantitative estimate of drug-likeness (QED) is 0.298. The summed E-state index contributed by atoms with van der Waals surface area (Å²) in [6.07, 6.45) is 6.55. The molecule has 1 aromatic carbocycles. The van der Waals surface area contributed by atoms with Gasteiger partial charge in [-0.05, 0) is 67.1 Å². The molecule has 1 aliphatic heterocycles. The lowest BCUT2D eigenvalue weighted by atomic mass is 9.70. The van der Waals surface area contributed by atoms with E-state index in [0.717, 1.165) is 51.4 Å². The number of aromatic hydroxyl groups is 2. The Kier molecular flexibility index (Phi) is 7.81. The highest BCUT2D eigenvalue weighted by atomic mass is 16.5. The van der Waals surface area contributed by atoms with Gasteiger partial charge < -0.3 is 30.3 Å². The second-order valence-electron chi connectivity index (χ2n) is 13.4. The van der Waals surface area contributed by atoms with Crippen molar-refractivity contribution in [2.24, 2.45) is 22.7 Å². The number of rotatable bonds is 7. The van der Waals surface area contributed by atoms with Gasteiger partial charge in [-0.15, -0.1) is 0 Å². The summed E-state index contributed by atoms with van der Waals surface area (Å²) in [5.74, 6) is -1.36. The second kappa shape index (κ2) is 10.9. The third-order valence-electron chi connectivity index (χ3n) is 10.9. The Hall–Kier alpha value is -2.81. The largest absolute Gasteiger partial charge is 0.504 e. The molecule has 6 atom stereocenters.